The Labute approximate surface area is 245 Å². The lowest BCUT2D eigenvalue weighted by atomic mass is 9.74. The highest BCUT2D eigenvalue weighted by atomic mass is 19.4. The smallest absolute Gasteiger partial charge is 0.475 e. The molecule has 1 aromatic heterocycles. The lowest BCUT2D eigenvalue weighted by Crippen LogP contribution is -2.63. The molecule has 9 nitrogen and oxygen atoms in total. The van der Waals surface area contributed by atoms with Crippen molar-refractivity contribution in [3.63, 3.8) is 0 Å². The van der Waals surface area contributed by atoms with Gasteiger partial charge in [0.25, 0.3) is 0 Å². The van der Waals surface area contributed by atoms with Gasteiger partial charge in [-0.15, -0.1) is 0 Å². The Balaban J connectivity index is 0.000000472. The van der Waals surface area contributed by atoms with Crippen LogP contribution in [0.3, 0.4) is 0 Å². The summed E-state index contributed by atoms with van der Waals surface area (Å²) in [4.78, 5) is 53.9. The summed E-state index contributed by atoms with van der Waals surface area (Å²) < 4.78 is 37.2. The van der Waals surface area contributed by atoms with Gasteiger partial charge in [-0.3, -0.25) is 24.6 Å². The van der Waals surface area contributed by atoms with Crippen LogP contribution in [0.5, 0.6) is 0 Å². The zero-order chi connectivity index (χ0) is 30.9. The first-order valence-corrected chi connectivity index (χ1v) is 13.8. The first-order valence-electron chi connectivity index (χ1n) is 13.8. The largest absolute Gasteiger partial charge is 0.490 e. The topological polar surface area (TPSA) is 120 Å². The number of hydrogen-bond acceptors (Lipinski definition) is 6. The molecule has 43 heavy (non-hydrogen) atoms. The average molecular weight is 598 g/mol. The van der Waals surface area contributed by atoms with E-state index in [1.165, 1.54) is 4.90 Å². The van der Waals surface area contributed by atoms with E-state index in [2.05, 4.69) is 5.32 Å². The second-order valence-electron chi connectivity index (χ2n) is 11.0. The van der Waals surface area contributed by atoms with E-state index >= 15 is 0 Å². The first-order chi connectivity index (χ1) is 20.4. The van der Waals surface area contributed by atoms with Crippen LogP contribution in [0.25, 0.3) is 0 Å². The Morgan fingerprint density at radius 3 is 2.28 bits per heavy atom. The Hall–Kier alpha value is -4.45. The van der Waals surface area contributed by atoms with Gasteiger partial charge >= 0.3 is 12.1 Å². The van der Waals surface area contributed by atoms with Crippen LogP contribution < -0.4 is 5.32 Å². The van der Waals surface area contributed by atoms with E-state index in [0.717, 1.165) is 23.1 Å². The van der Waals surface area contributed by atoms with Gasteiger partial charge in [0.05, 0.1) is 31.2 Å². The normalized spacial score (nSPS) is 25.1. The highest BCUT2D eigenvalue weighted by Crippen LogP contribution is 2.52. The van der Waals surface area contributed by atoms with E-state index in [1.54, 1.807) is 17.2 Å². The van der Waals surface area contributed by atoms with Crippen LogP contribution in [0, 0.1) is 18.8 Å². The number of carboxylic acid groups (broad SMARTS) is 1. The monoisotopic (exact) mass is 597 g/mol. The Bertz CT molecular complexity index is 1490. The van der Waals surface area contributed by atoms with E-state index in [9.17, 15) is 27.6 Å². The number of benzene rings is 2. The number of carboxylic acids is 1. The van der Waals surface area contributed by atoms with Crippen LogP contribution in [0.4, 0.5) is 13.2 Å². The van der Waals surface area contributed by atoms with Crippen molar-refractivity contribution in [1.29, 1.82) is 0 Å². The Morgan fingerprint density at radius 1 is 1.00 bits per heavy atom. The number of carbonyl (C=O) groups is 4. The minimum Gasteiger partial charge on any atom is -0.475 e. The maximum Gasteiger partial charge on any atom is 0.490 e. The quantitative estimate of drug-likeness (QED) is 0.423. The van der Waals surface area contributed by atoms with E-state index in [1.807, 2.05) is 67.6 Å². The molecule has 4 heterocycles. The average Bonchev–Trinajstić information content (AvgIpc) is 3.66. The van der Waals surface area contributed by atoms with Crippen LogP contribution in [-0.2, 0) is 32.3 Å². The molecule has 6 rings (SSSR count). The number of hydrogen-bond donors (Lipinski definition) is 2. The summed E-state index contributed by atoms with van der Waals surface area (Å²) in [5, 5.41) is 10.7. The van der Waals surface area contributed by atoms with E-state index in [4.69, 9.17) is 14.3 Å². The summed E-state index contributed by atoms with van der Waals surface area (Å²) in [6.07, 6.45) is -2.23. The summed E-state index contributed by atoms with van der Waals surface area (Å²) in [6, 6.07) is 20.8. The number of aryl methyl sites for hydroxylation is 1. The predicted octanol–water partition coefficient (Wildman–Crippen LogP) is 4.23. The summed E-state index contributed by atoms with van der Waals surface area (Å²) in [6.45, 7) is 3.16. The fourth-order valence-corrected chi connectivity index (χ4v) is 6.25. The molecule has 2 N–H and O–H groups in total. The minimum atomic E-state index is -5.08. The zero-order valence-electron chi connectivity index (χ0n) is 23.2. The summed E-state index contributed by atoms with van der Waals surface area (Å²) in [7, 11) is 0. The lowest BCUT2D eigenvalue weighted by Gasteiger charge is -2.42. The van der Waals surface area contributed by atoms with Crippen LogP contribution in [0.2, 0.25) is 0 Å². The van der Waals surface area contributed by atoms with Gasteiger partial charge in [-0.2, -0.15) is 13.2 Å². The lowest BCUT2D eigenvalue weighted by molar-refractivity contribution is -0.192. The highest BCUT2D eigenvalue weighted by Gasteiger charge is 2.69. The molecule has 0 radical (unpaired) electrons. The number of aliphatic carboxylic acids is 1. The number of furan rings is 1. The third-order valence-corrected chi connectivity index (χ3v) is 8.20. The number of halogens is 3. The molecule has 3 aliphatic heterocycles. The van der Waals surface area contributed by atoms with Crippen LogP contribution in [0.15, 0.2) is 77.4 Å². The van der Waals surface area contributed by atoms with Crippen molar-refractivity contribution in [1.82, 2.24) is 15.1 Å². The summed E-state index contributed by atoms with van der Waals surface area (Å²) >= 11 is 0. The molecule has 226 valence electrons. The van der Waals surface area contributed by atoms with E-state index < -0.39 is 35.6 Å². The van der Waals surface area contributed by atoms with Gasteiger partial charge in [0, 0.05) is 12.6 Å². The third-order valence-electron chi connectivity index (χ3n) is 8.20. The van der Waals surface area contributed by atoms with Gasteiger partial charge < -0.3 is 14.4 Å². The molecule has 0 saturated carbocycles. The summed E-state index contributed by atoms with van der Waals surface area (Å²) in [5.41, 5.74) is 1.80. The van der Waals surface area contributed by atoms with Gasteiger partial charge in [0.15, 0.2) is 0 Å². The molecular weight excluding hydrogens is 567 g/mol. The Morgan fingerprint density at radius 2 is 1.67 bits per heavy atom. The van der Waals surface area contributed by atoms with Crippen molar-refractivity contribution >= 4 is 23.7 Å². The number of amides is 3. The maximum atomic E-state index is 14.1. The van der Waals surface area contributed by atoms with Gasteiger partial charge in [-0.05, 0) is 43.0 Å². The van der Waals surface area contributed by atoms with E-state index in [-0.39, 0.29) is 24.3 Å². The summed E-state index contributed by atoms with van der Waals surface area (Å²) in [5.74, 6) is -4.03. The van der Waals surface area contributed by atoms with Crippen molar-refractivity contribution in [2.75, 3.05) is 6.54 Å². The number of rotatable bonds is 5. The molecule has 0 aliphatic carbocycles. The van der Waals surface area contributed by atoms with Gasteiger partial charge in [0.1, 0.15) is 11.3 Å². The fourth-order valence-electron chi connectivity index (χ4n) is 6.25. The molecule has 3 aliphatic rings. The van der Waals surface area contributed by atoms with Crippen molar-refractivity contribution in [3.8, 4) is 0 Å². The fraction of sp³-hybridized carbons (Fsp3) is 0.355. The molecule has 2 aromatic carbocycles. The van der Waals surface area contributed by atoms with Crippen LogP contribution in [-0.4, -0.2) is 56.9 Å². The molecule has 1 spiro atoms. The minimum absolute atomic E-state index is 0.127. The number of carbonyl (C=O) groups excluding carboxylic acids is 3. The number of piperidine rings is 1. The molecule has 0 bridgehead atoms. The van der Waals surface area contributed by atoms with E-state index in [0.29, 0.717) is 25.3 Å². The molecule has 3 amide bonds. The molecule has 12 heteroatoms. The third kappa shape index (κ3) is 5.79. The number of alkyl halides is 3. The van der Waals surface area contributed by atoms with Gasteiger partial charge in [0.2, 0.25) is 17.7 Å². The van der Waals surface area contributed by atoms with Crippen molar-refractivity contribution in [2.45, 2.75) is 50.6 Å². The van der Waals surface area contributed by atoms with Gasteiger partial charge in [-0.1, -0.05) is 60.2 Å². The second-order valence-corrected chi connectivity index (χ2v) is 11.0. The van der Waals surface area contributed by atoms with Gasteiger partial charge in [-0.25, -0.2) is 4.79 Å². The number of nitrogens with zero attached hydrogens (tertiary/aromatic N) is 2. The number of fused-ring (bicyclic) bond motifs is 2. The Kier molecular flexibility index (Phi) is 8.15. The number of likely N-dealkylation sites (tertiary alicyclic amines) is 2. The maximum absolute atomic E-state index is 14.1. The van der Waals surface area contributed by atoms with Crippen molar-refractivity contribution < 1.29 is 41.9 Å². The molecule has 4 atom stereocenters. The van der Waals surface area contributed by atoms with Crippen LogP contribution >= 0.6 is 0 Å². The van der Waals surface area contributed by atoms with Crippen molar-refractivity contribution in [2.24, 2.45) is 11.8 Å². The van der Waals surface area contributed by atoms with Crippen molar-refractivity contribution in [3.05, 3.63) is 95.4 Å². The molecule has 3 aromatic rings. The zero-order valence-corrected chi connectivity index (χ0v) is 23.2. The molecule has 3 fully saturated rings. The number of imide groups is 1. The second kappa shape index (κ2) is 11.7. The molecular formula is C31H30F3N3O6. The predicted molar refractivity (Wildman–Crippen MR) is 146 cm³/mol. The molecule has 3 saturated heterocycles. The first kappa shape index (κ1) is 30.0. The molecule has 0 unspecified atom stereocenters. The van der Waals surface area contributed by atoms with Crippen LogP contribution in [0.1, 0.15) is 41.3 Å². The standard InChI is InChI=1S/C29H29N3O4.C2HF3O2/c1-19-10-12-21(13-11-19)25-23-24(27(34)32(26(23)33)17-20-7-3-2-4-8-20)29(30-25)14-6-15-31(28(29)35)18-22-9-5-16-36-22;3-2(4,5)1(6)7/h2-5,7-13,16,23-25,30H,6,14-15,17-18H2,1H3;(H,6,7)/t23-,24-,25-,29-;/m1./s1. The SMILES string of the molecule is Cc1ccc([C@H]2N[C@]3(CCCN(Cc4ccco4)C3=O)[C@H]3C(=O)N(Cc4ccccc4)C(=O)[C@@H]23)cc1.O=C(O)C(F)(F)F. The number of nitrogens with one attached hydrogen (secondary N) is 1. The highest BCUT2D eigenvalue weighted by molar-refractivity contribution is 6.10.